The molecule has 8 heteroatoms. The van der Waals surface area contributed by atoms with E-state index in [0.717, 1.165) is 29.8 Å². The van der Waals surface area contributed by atoms with E-state index in [2.05, 4.69) is 10.2 Å². The highest BCUT2D eigenvalue weighted by atomic mass is 32.1. The SMILES string of the molecule is CN(C)CCCCNC(=O)c1ccc(-c2ccc(C(=O)N3CCOCC3)c(O)c2)s1. The number of benzene rings is 1. The summed E-state index contributed by atoms with van der Waals surface area (Å²) in [5.41, 5.74) is 1.06. The molecule has 2 heterocycles. The van der Waals surface area contributed by atoms with Crippen LogP contribution < -0.4 is 5.32 Å². The van der Waals surface area contributed by atoms with Crippen molar-refractivity contribution in [2.75, 3.05) is 53.5 Å². The lowest BCUT2D eigenvalue weighted by atomic mass is 10.1. The number of unbranched alkanes of at least 4 members (excludes halogenated alkanes) is 1. The zero-order valence-corrected chi connectivity index (χ0v) is 18.3. The van der Waals surface area contributed by atoms with Crippen molar-refractivity contribution in [3.8, 4) is 16.2 Å². The van der Waals surface area contributed by atoms with Crippen LogP contribution in [0.3, 0.4) is 0 Å². The van der Waals surface area contributed by atoms with E-state index in [1.165, 1.54) is 11.3 Å². The largest absolute Gasteiger partial charge is 0.507 e. The summed E-state index contributed by atoms with van der Waals surface area (Å²) in [5.74, 6) is -0.327. The van der Waals surface area contributed by atoms with Gasteiger partial charge in [0.2, 0.25) is 0 Å². The Kier molecular flexibility index (Phi) is 7.84. The lowest BCUT2D eigenvalue weighted by molar-refractivity contribution is 0.0301. The van der Waals surface area contributed by atoms with Gasteiger partial charge in [-0.3, -0.25) is 9.59 Å². The van der Waals surface area contributed by atoms with Crippen LogP contribution in [0.2, 0.25) is 0 Å². The first-order valence-corrected chi connectivity index (χ1v) is 11.0. The normalized spacial score (nSPS) is 14.2. The number of carbonyl (C=O) groups is 2. The van der Waals surface area contributed by atoms with Gasteiger partial charge in [-0.1, -0.05) is 6.07 Å². The monoisotopic (exact) mass is 431 g/mol. The van der Waals surface area contributed by atoms with Gasteiger partial charge in [0.05, 0.1) is 23.7 Å². The number of phenolic OH excluding ortho intramolecular Hbond substituents is 1. The van der Waals surface area contributed by atoms with E-state index in [-0.39, 0.29) is 23.1 Å². The molecule has 0 atom stereocenters. The maximum absolute atomic E-state index is 12.6. The highest BCUT2D eigenvalue weighted by Crippen LogP contribution is 2.32. The Balaban J connectivity index is 1.60. The molecule has 30 heavy (non-hydrogen) atoms. The van der Waals surface area contributed by atoms with Gasteiger partial charge in [0.1, 0.15) is 5.75 Å². The fourth-order valence-corrected chi connectivity index (χ4v) is 4.18. The number of morpholine rings is 1. The van der Waals surface area contributed by atoms with Gasteiger partial charge >= 0.3 is 0 Å². The van der Waals surface area contributed by atoms with Crippen molar-refractivity contribution >= 4 is 23.2 Å². The van der Waals surface area contributed by atoms with E-state index in [1.54, 1.807) is 23.1 Å². The Morgan fingerprint density at radius 2 is 1.93 bits per heavy atom. The molecule has 0 aliphatic carbocycles. The minimum absolute atomic E-state index is 0.0516. The van der Waals surface area contributed by atoms with Crippen LogP contribution >= 0.6 is 11.3 Å². The molecule has 2 N–H and O–H groups in total. The highest BCUT2D eigenvalue weighted by Gasteiger charge is 2.21. The maximum Gasteiger partial charge on any atom is 0.261 e. The van der Waals surface area contributed by atoms with Crippen molar-refractivity contribution in [3.05, 3.63) is 40.8 Å². The molecular formula is C22H29N3O4S. The van der Waals surface area contributed by atoms with Gasteiger partial charge in [0.25, 0.3) is 11.8 Å². The van der Waals surface area contributed by atoms with E-state index in [9.17, 15) is 14.7 Å². The number of rotatable bonds is 8. The van der Waals surface area contributed by atoms with Gasteiger partial charge in [-0.2, -0.15) is 0 Å². The molecule has 1 aromatic carbocycles. The van der Waals surface area contributed by atoms with E-state index < -0.39 is 0 Å². The molecule has 0 unspecified atom stereocenters. The van der Waals surface area contributed by atoms with Crippen molar-refractivity contribution in [1.82, 2.24) is 15.1 Å². The lowest BCUT2D eigenvalue weighted by Crippen LogP contribution is -2.40. The lowest BCUT2D eigenvalue weighted by Gasteiger charge is -2.27. The number of phenols is 1. The van der Waals surface area contributed by atoms with Crippen molar-refractivity contribution in [2.24, 2.45) is 0 Å². The second kappa shape index (κ2) is 10.6. The number of thiophene rings is 1. The first kappa shape index (κ1) is 22.3. The molecule has 162 valence electrons. The van der Waals surface area contributed by atoms with Crippen molar-refractivity contribution in [2.45, 2.75) is 12.8 Å². The van der Waals surface area contributed by atoms with Gasteiger partial charge in [0.15, 0.2) is 0 Å². The number of carbonyl (C=O) groups excluding carboxylic acids is 2. The molecule has 0 bridgehead atoms. The topological polar surface area (TPSA) is 82.1 Å². The summed E-state index contributed by atoms with van der Waals surface area (Å²) in [6.07, 6.45) is 1.98. The maximum atomic E-state index is 12.6. The third kappa shape index (κ3) is 5.81. The molecule has 7 nitrogen and oxygen atoms in total. The quantitative estimate of drug-likeness (QED) is 0.628. The summed E-state index contributed by atoms with van der Waals surface area (Å²) in [6.45, 7) is 3.74. The standard InChI is InChI=1S/C22H29N3O4S/c1-24(2)10-4-3-9-23-21(27)20-8-7-19(30-20)16-5-6-17(18(26)15-16)22(28)25-11-13-29-14-12-25/h5-8,15,26H,3-4,9-14H2,1-2H3,(H,23,27). The fourth-order valence-electron chi connectivity index (χ4n) is 3.26. The summed E-state index contributed by atoms with van der Waals surface area (Å²) in [6, 6.07) is 8.69. The predicted octanol–water partition coefficient (Wildman–Crippen LogP) is 2.66. The van der Waals surface area contributed by atoms with Gasteiger partial charge in [-0.25, -0.2) is 0 Å². The summed E-state index contributed by atoms with van der Waals surface area (Å²) in [5, 5.41) is 13.4. The Bertz CT molecular complexity index is 875. The number of aromatic hydroxyl groups is 1. The second-order valence-corrected chi connectivity index (χ2v) is 8.65. The first-order chi connectivity index (χ1) is 14.5. The second-order valence-electron chi connectivity index (χ2n) is 7.57. The van der Waals surface area contributed by atoms with Crippen molar-refractivity contribution in [3.63, 3.8) is 0 Å². The molecule has 1 aliphatic heterocycles. The minimum atomic E-state index is -0.192. The molecule has 0 saturated carbocycles. The molecule has 1 aliphatic rings. The average molecular weight is 432 g/mol. The van der Waals surface area contributed by atoms with Crippen LogP contribution in [-0.4, -0.2) is 80.2 Å². The molecule has 1 saturated heterocycles. The van der Waals surface area contributed by atoms with Gasteiger partial charge in [-0.15, -0.1) is 11.3 Å². The van der Waals surface area contributed by atoms with Gasteiger partial charge in [0, 0.05) is 24.5 Å². The first-order valence-electron chi connectivity index (χ1n) is 10.2. The van der Waals surface area contributed by atoms with Gasteiger partial charge in [-0.05, 0) is 63.3 Å². The fraction of sp³-hybridized carbons (Fsp3) is 0.455. The van der Waals surface area contributed by atoms with Gasteiger partial charge < -0.3 is 25.0 Å². The highest BCUT2D eigenvalue weighted by molar-refractivity contribution is 7.17. The summed E-state index contributed by atoms with van der Waals surface area (Å²) < 4.78 is 5.27. The number of ether oxygens (including phenoxy) is 1. The zero-order valence-electron chi connectivity index (χ0n) is 17.5. The molecule has 2 amide bonds. The number of hydrogen-bond donors (Lipinski definition) is 2. The Labute approximate surface area is 181 Å². The van der Waals surface area contributed by atoms with Crippen LogP contribution in [0.15, 0.2) is 30.3 Å². The summed E-state index contributed by atoms with van der Waals surface area (Å²) in [4.78, 5) is 30.3. The zero-order chi connectivity index (χ0) is 21.5. The molecule has 1 aromatic heterocycles. The Hall–Kier alpha value is -2.42. The number of nitrogens with one attached hydrogen (secondary N) is 1. The number of hydrogen-bond acceptors (Lipinski definition) is 6. The van der Waals surface area contributed by atoms with Crippen LogP contribution in [0.1, 0.15) is 32.9 Å². The molecule has 1 fully saturated rings. The number of nitrogens with zero attached hydrogens (tertiary/aromatic N) is 2. The van der Waals surface area contributed by atoms with Crippen LogP contribution in [0.5, 0.6) is 5.75 Å². The molecule has 0 spiro atoms. The van der Waals surface area contributed by atoms with Crippen molar-refractivity contribution in [1.29, 1.82) is 0 Å². The summed E-state index contributed by atoms with van der Waals surface area (Å²) in [7, 11) is 4.07. The Morgan fingerprint density at radius 3 is 2.63 bits per heavy atom. The third-order valence-electron chi connectivity index (χ3n) is 4.96. The van der Waals surface area contributed by atoms with Crippen LogP contribution in [0.25, 0.3) is 10.4 Å². The molecule has 3 rings (SSSR count). The van der Waals surface area contributed by atoms with Crippen molar-refractivity contribution < 1.29 is 19.4 Å². The number of amides is 2. The average Bonchev–Trinajstić information content (AvgIpc) is 3.24. The predicted molar refractivity (Wildman–Crippen MR) is 118 cm³/mol. The van der Waals surface area contributed by atoms with Crippen LogP contribution in [-0.2, 0) is 4.74 Å². The van der Waals surface area contributed by atoms with E-state index in [4.69, 9.17) is 4.74 Å². The summed E-state index contributed by atoms with van der Waals surface area (Å²) >= 11 is 1.37. The van der Waals surface area contributed by atoms with Crippen LogP contribution in [0.4, 0.5) is 0 Å². The molecular weight excluding hydrogens is 402 g/mol. The van der Waals surface area contributed by atoms with E-state index in [1.807, 2.05) is 26.2 Å². The van der Waals surface area contributed by atoms with E-state index >= 15 is 0 Å². The van der Waals surface area contributed by atoms with E-state index in [0.29, 0.717) is 37.7 Å². The molecule has 0 radical (unpaired) electrons. The third-order valence-corrected chi connectivity index (χ3v) is 6.09. The molecule has 2 aromatic rings. The van der Waals surface area contributed by atoms with Crippen LogP contribution in [0, 0.1) is 0 Å². The minimum Gasteiger partial charge on any atom is -0.507 e. The smallest absolute Gasteiger partial charge is 0.261 e. The Morgan fingerprint density at radius 1 is 1.17 bits per heavy atom.